The Labute approximate surface area is 306 Å². The number of aliphatic imine (C=N–C) groups is 1. The van der Waals surface area contributed by atoms with Crippen LogP contribution in [0.15, 0.2) is 4.99 Å². The molecule has 0 aromatic heterocycles. The van der Waals surface area contributed by atoms with E-state index in [1.165, 1.54) is 19.3 Å². The van der Waals surface area contributed by atoms with Gasteiger partial charge in [0.25, 0.3) is 0 Å². The largest absolute Gasteiger partial charge is 0.460 e. The van der Waals surface area contributed by atoms with E-state index in [4.69, 9.17) is 18.9 Å². The van der Waals surface area contributed by atoms with Gasteiger partial charge in [0.05, 0.1) is 18.6 Å². The van der Waals surface area contributed by atoms with Crippen LogP contribution in [0.25, 0.3) is 0 Å². The summed E-state index contributed by atoms with van der Waals surface area (Å²) in [4.78, 5) is 60.0. The second-order valence-corrected chi connectivity index (χ2v) is 17.3. The lowest BCUT2D eigenvalue weighted by atomic mass is 9.89. The Morgan fingerprint density at radius 2 is 1.35 bits per heavy atom. The highest BCUT2D eigenvalue weighted by atomic mass is 16.6. The van der Waals surface area contributed by atoms with E-state index in [1.807, 2.05) is 30.6 Å². The number of likely N-dealkylation sites (tertiary alicyclic amines) is 2. The Hall–Kier alpha value is -2.93. The molecule has 2 N–H and O–H groups in total. The first kappa shape index (κ1) is 42.5. The van der Waals surface area contributed by atoms with Gasteiger partial charge < -0.3 is 34.1 Å². The van der Waals surface area contributed by atoms with E-state index < -0.39 is 35.0 Å². The number of carbonyl (C=O) groups excluding carboxylic acids is 4. The summed E-state index contributed by atoms with van der Waals surface area (Å²) in [5.41, 5.74) is -2.07. The third-order valence-electron chi connectivity index (χ3n) is 9.13. The van der Waals surface area contributed by atoms with Gasteiger partial charge in [0.1, 0.15) is 16.8 Å². The average molecular weight is 722 g/mol. The number of nitrogens with zero attached hydrogens (tertiary/aromatic N) is 3. The minimum atomic E-state index is -0.795. The maximum atomic E-state index is 14.1. The fraction of sp³-hybridized carbons (Fsp3) is 0.868. The van der Waals surface area contributed by atoms with Crippen LogP contribution in [0, 0.1) is 5.92 Å². The van der Waals surface area contributed by atoms with E-state index in [-0.39, 0.29) is 36.4 Å². The SMILES string of the molecule is CC(C)(C)OC(=O)C[C@H](NCC1CCCCC1)C(=O)N1CCCCC1CCOC1CCN(/C(=N/C(=O)OC(C)(C)C)NC(=O)OC(C)(C)C)CC1. The summed E-state index contributed by atoms with van der Waals surface area (Å²) in [7, 11) is 0. The maximum absolute atomic E-state index is 14.1. The van der Waals surface area contributed by atoms with E-state index in [0.717, 1.165) is 38.6 Å². The lowest BCUT2D eigenvalue weighted by Crippen LogP contribution is -2.54. The second kappa shape index (κ2) is 19.2. The van der Waals surface area contributed by atoms with Crippen molar-refractivity contribution >= 4 is 30.0 Å². The van der Waals surface area contributed by atoms with E-state index in [1.54, 1.807) is 41.5 Å². The van der Waals surface area contributed by atoms with Crippen LogP contribution in [0.5, 0.6) is 0 Å². The van der Waals surface area contributed by atoms with Crippen molar-refractivity contribution in [1.29, 1.82) is 0 Å². The van der Waals surface area contributed by atoms with Crippen LogP contribution in [0.3, 0.4) is 0 Å². The molecule has 0 spiro atoms. The van der Waals surface area contributed by atoms with Gasteiger partial charge in [-0.2, -0.15) is 0 Å². The molecule has 1 unspecified atom stereocenters. The number of piperidine rings is 2. The van der Waals surface area contributed by atoms with Crippen molar-refractivity contribution in [3.8, 4) is 0 Å². The van der Waals surface area contributed by atoms with Gasteiger partial charge >= 0.3 is 18.2 Å². The molecule has 2 saturated heterocycles. The van der Waals surface area contributed by atoms with Crippen LogP contribution in [0.4, 0.5) is 9.59 Å². The van der Waals surface area contributed by atoms with Crippen LogP contribution >= 0.6 is 0 Å². The molecule has 13 heteroatoms. The van der Waals surface area contributed by atoms with E-state index in [9.17, 15) is 19.2 Å². The molecule has 1 aliphatic carbocycles. The quantitative estimate of drug-likeness (QED) is 0.114. The van der Waals surface area contributed by atoms with Gasteiger partial charge in [-0.1, -0.05) is 19.3 Å². The number of nitrogens with one attached hydrogen (secondary N) is 2. The smallest absolute Gasteiger partial charge is 0.437 e. The minimum absolute atomic E-state index is 0.0170. The van der Waals surface area contributed by atoms with Crippen molar-refractivity contribution < 1.29 is 38.1 Å². The van der Waals surface area contributed by atoms with Crippen molar-refractivity contribution in [3.63, 3.8) is 0 Å². The summed E-state index contributed by atoms with van der Waals surface area (Å²) in [5, 5.41) is 6.13. The molecule has 13 nitrogen and oxygen atoms in total. The van der Waals surface area contributed by atoms with Gasteiger partial charge in [-0.05, 0) is 126 Å². The minimum Gasteiger partial charge on any atom is -0.460 e. The number of carbonyl (C=O) groups is 4. The topological polar surface area (TPSA) is 148 Å². The molecule has 2 atom stereocenters. The number of amides is 3. The molecular formula is C38H67N5O8. The second-order valence-electron chi connectivity index (χ2n) is 17.3. The summed E-state index contributed by atoms with van der Waals surface area (Å²) < 4.78 is 22.7. The number of rotatable bonds is 10. The van der Waals surface area contributed by atoms with Gasteiger partial charge in [-0.25, -0.2) is 9.59 Å². The lowest BCUT2D eigenvalue weighted by molar-refractivity contribution is -0.158. The van der Waals surface area contributed by atoms with Gasteiger partial charge in [0.2, 0.25) is 11.9 Å². The van der Waals surface area contributed by atoms with E-state index in [0.29, 0.717) is 51.4 Å². The number of hydrogen-bond acceptors (Lipinski definition) is 9. The molecular weight excluding hydrogens is 654 g/mol. The highest BCUT2D eigenvalue weighted by Crippen LogP contribution is 2.25. The Balaban J connectivity index is 1.57. The van der Waals surface area contributed by atoms with Crippen molar-refractivity contribution in [2.75, 3.05) is 32.8 Å². The number of esters is 1. The number of guanidine groups is 1. The predicted molar refractivity (Wildman–Crippen MR) is 196 cm³/mol. The molecule has 3 amide bonds. The van der Waals surface area contributed by atoms with E-state index >= 15 is 0 Å². The molecule has 3 fully saturated rings. The summed E-state index contributed by atoms with van der Waals surface area (Å²) in [5.74, 6) is 0.230. The molecule has 1 saturated carbocycles. The Morgan fingerprint density at radius 1 is 0.745 bits per heavy atom. The molecule has 292 valence electrons. The number of hydrogen-bond donors (Lipinski definition) is 2. The molecule has 0 aromatic rings. The van der Waals surface area contributed by atoms with Crippen molar-refractivity contribution in [2.24, 2.45) is 10.9 Å². The third-order valence-corrected chi connectivity index (χ3v) is 9.13. The van der Waals surface area contributed by atoms with Crippen LogP contribution in [0.1, 0.15) is 139 Å². The fourth-order valence-corrected chi connectivity index (χ4v) is 6.84. The summed E-state index contributed by atoms with van der Waals surface area (Å²) in [6.07, 6.45) is 9.43. The molecule has 0 aromatic carbocycles. The molecule has 0 radical (unpaired) electrons. The van der Waals surface area contributed by atoms with E-state index in [2.05, 4.69) is 15.6 Å². The maximum Gasteiger partial charge on any atom is 0.437 e. The summed E-state index contributed by atoms with van der Waals surface area (Å²) in [6.45, 7) is 19.0. The number of alkyl carbamates (subject to hydrolysis) is 1. The van der Waals surface area contributed by atoms with Gasteiger partial charge in [-0.3, -0.25) is 14.9 Å². The molecule has 2 heterocycles. The summed E-state index contributed by atoms with van der Waals surface area (Å²) >= 11 is 0. The summed E-state index contributed by atoms with van der Waals surface area (Å²) in [6, 6.07) is -0.576. The third kappa shape index (κ3) is 16.5. The zero-order valence-corrected chi connectivity index (χ0v) is 32.9. The van der Waals surface area contributed by atoms with Gasteiger partial charge in [0.15, 0.2) is 0 Å². The molecule has 51 heavy (non-hydrogen) atoms. The zero-order chi connectivity index (χ0) is 37.8. The van der Waals surface area contributed by atoms with Crippen LogP contribution in [-0.2, 0) is 28.5 Å². The Morgan fingerprint density at radius 3 is 1.96 bits per heavy atom. The van der Waals surface area contributed by atoms with Crippen molar-refractivity contribution in [1.82, 2.24) is 20.4 Å². The highest BCUT2D eigenvalue weighted by Gasteiger charge is 2.35. The predicted octanol–water partition coefficient (Wildman–Crippen LogP) is 6.32. The Kier molecular flexibility index (Phi) is 16.0. The molecule has 2 aliphatic heterocycles. The average Bonchev–Trinajstić information content (AvgIpc) is 3.01. The number of ether oxygens (including phenoxy) is 4. The van der Waals surface area contributed by atoms with Crippen LogP contribution in [-0.4, -0.2) is 108 Å². The first-order valence-corrected chi connectivity index (χ1v) is 19.2. The van der Waals surface area contributed by atoms with Crippen molar-refractivity contribution in [2.45, 2.75) is 174 Å². The zero-order valence-electron chi connectivity index (χ0n) is 32.9. The highest BCUT2D eigenvalue weighted by molar-refractivity contribution is 5.99. The molecule has 0 bridgehead atoms. The molecule has 3 rings (SSSR count). The van der Waals surface area contributed by atoms with Crippen molar-refractivity contribution in [3.05, 3.63) is 0 Å². The standard InChI is InChI=1S/C38H67N5O8/c1-36(2,3)49-31(44)25-30(39-26-27-15-11-10-12-16-27)32(45)43-21-14-13-17-28(43)20-24-48-29-18-22-42(23-19-29)33(40-34(46)50-37(4,5)6)41-35(47)51-38(7,8)9/h27-30,39H,10-26H2,1-9H3,(H,40,41,46,47)/t28?,30-/m0/s1. The fourth-order valence-electron chi connectivity index (χ4n) is 6.84. The molecule has 3 aliphatic rings. The van der Waals surface area contributed by atoms with Gasteiger partial charge in [0, 0.05) is 32.3 Å². The monoisotopic (exact) mass is 721 g/mol. The van der Waals surface area contributed by atoms with Crippen LogP contribution in [0.2, 0.25) is 0 Å². The normalized spacial score (nSPS) is 20.8. The Bertz CT molecular complexity index is 1170. The first-order valence-electron chi connectivity index (χ1n) is 19.2. The van der Waals surface area contributed by atoms with Gasteiger partial charge in [-0.15, -0.1) is 4.99 Å². The van der Waals surface area contributed by atoms with Crippen LogP contribution < -0.4 is 10.6 Å². The lowest BCUT2D eigenvalue weighted by Gasteiger charge is -2.39. The first-order chi connectivity index (χ1) is 23.8.